The van der Waals surface area contributed by atoms with Gasteiger partial charge in [0.25, 0.3) is 0 Å². The van der Waals surface area contributed by atoms with Crippen LogP contribution in [0.15, 0.2) is 18.2 Å². The lowest BCUT2D eigenvalue weighted by atomic mass is 9.95. The number of esters is 1. The minimum Gasteiger partial charge on any atom is -0.468 e. The third-order valence-electron chi connectivity index (χ3n) is 6.13. The van der Waals surface area contributed by atoms with E-state index < -0.39 is 14.4 Å². The van der Waals surface area contributed by atoms with E-state index in [2.05, 4.69) is 38.8 Å². The van der Waals surface area contributed by atoms with Gasteiger partial charge in [-0.25, -0.2) is 4.79 Å². The van der Waals surface area contributed by atoms with Crippen LogP contribution in [-0.2, 0) is 14.0 Å². The molecule has 7 heteroatoms. The number of carbonyl (C=O) groups excluding carboxylic acids is 1. The van der Waals surface area contributed by atoms with Crippen LogP contribution < -0.4 is 0 Å². The van der Waals surface area contributed by atoms with Gasteiger partial charge in [0.05, 0.1) is 7.11 Å². The van der Waals surface area contributed by atoms with Crippen molar-refractivity contribution in [3.63, 3.8) is 0 Å². The Morgan fingerprint density at radius 2 is 1.71 bits per heavy atom. The van der Waals surface area contributed by atoms with Gasteiger partial charge in [-0.15, -0.1) is 0 Å². The van der Waals surface area contributed by atoms with Gasteiger partial charge in [0.15, 0.2) is 8.32 Å². The summed E-state index contributed by atoms with van der Waals surface area (Å²) >= 11 is 12.3. The van der Waals surface area contributed by atoms with Crippen molar-refractivity contribution < 1.29 is 14.0 Å². The van der Waals surface area contributed by atoms with Crippen LogP contribution >= 0.6 is 23.2 Å². The van der Waals surface area contributed by atoms with E-state index in [0.717, 1.165) is 38.1 Å². The number of benzene rings is 1. The number of likely N-dealkylation sites (tertiary alicyclic amines) is 1. The molecule has 28 heavy (non-hydrogen) atoms. The molecule has 1 atom stereocenters. The lowest BCUT2D eigenvalue weighted by Crippen LogP contribution is -2.44. The van der Waals surface area contributed by atoms with E-state index in [-0.39, 0.29) is 11.0 Å². The van der Waals surface area contributed by atoms with Crippen molar-refractivity contribution in [2.24, 2.45) is 5.92 Å². The highest BCUT2D eigenvalue weighted by Crippen LogP contribution is 2.38. The minimum atomic E-state index is -1.73. The summed E-state index contributed by atoms with van der Waals surface area (Å²) in [5.74, 6) is 0.237. The molecule has 1 fully saturated rings. The zero-order valence-corrected chi connectivity index (χ0v) is 20.4. The van der Waals surface area contributed by atoms with Crippen LogP contribution in [0.1, 0.15) is 45.2 Å². The monoisotopic (exact) mass is 445 g/mol. The van der Waals surface area contributed by atoms with Crippen molar-refractivity contribution in [3.05, 3.63) is 33.8 Å². The van der Waals surface area contributed by atoms with Crippen molar-refractivity contribution >= 4 is 37.5 Å². The molecule has 1 heterocycles. The zero-order valence-electron chi connectivity index (χ0n) is 17.9. The molecule has 0 aliphatic carbocycles. The van der Waals surface area contributed by atoms with Crippen molar-refractivity contribution in [1.29, 1.82) is 0 Å². The SMILES string of the molecule is COC(=O)C(c1cc(Cl)cc(Cl)c1)N1CCC(CO[Si](C)(C)C(C)(C)C)CC1. The first kappa shape index (κ1) is 23.7. The first-order valence-corrected chi connectivity index (χ1v) is 13.5. The second-order valence-corrected chi connectivity index (χ2v) is 14.9. The molecule has 4 nitrogen and oxygen atoms in total. The highest BCUT2D eigenvalue weighted by Gasteiger charge is 2.38. The maximum absolute atomic E-state index is 12.5. The van der Waals surface area contributed by atoms with Gasteiger partial charge in [-0.1, -0.05) is 44.0 Å². The molecule has 0 spiro atoms. The predicted octanol–water partition coefficient (Wildman–Crippen LogP) is 5.94. The van der Waals surface area contributed by atoms with Gasteiger partial charge in [-0.05, 0) is 73.7 Å². The number of nitrogens with zero attached hydrogens (tertiary/aromatic N) is 1. The molecule has 2 rings (SSSR count). The van der Waals surface area contributed by atoms with Crippen molar-refractivity contribution in [3.8, 4) is 0 Å². The fraction of sp³-hybridized carbons (Fsp3) is 0.667. The molecule has 0 aromatic heterocycles. The molecule has 0 bridgehead atoms. The summed E-state index contributed by atoms with van der Waals surface area (Å²) in [5.41, 5.74) is 0.778. The second-order valence-electron chi connectivity index (χ2n) is 9.18. The first-order valence-electron chi connectivity index (χ1n) is 9.86. The van der Waals surface area contributed by atoms with Crippen LogP contribution in [0.5, 0.6) is 0 Å². The Hall–Kier alpha value is -0.593. The van der Waals surface area contributed by atoms with Crippen molar-refractivity contribution in [2.75, 3.05) is 26.8 Å². The number of ether oxygens (including phenoxy) is 1. The molecule has 0 saturated carbocycles. The van der Waals surface area contributed by atoms with Crippen LogP contribution in [0.3, 0.4) is 0 Å². The van der Waals surface area contributed by atoms with E-state index in [0.29, 0.717) is 16.0 Å². The second kappa shape index (κ2) is 9.48. The standard InChI is InChI=1S/C21H33Cl2NO3Si/c1-21(2,3)28(5,6)27-14-15-7-9-24(10-8-15)19(20(25)26-4)16-11-17(22)13-18(23)12-16/h11-13,15,19H,7-10,14H2,1-6H3. The molecule has 1 aliphatic rings. The fourth-order valence-electron chi connectivity index (χ4n) is 3.26. The summed E-state index contributed by atoms with van der Waals surface area (Å²) in [6.07, 6.45) is 1.99. The van der Waals surface area contributed by atoms with Gasteiger partial charge >= 0.3 is 5.97 Å². The van der Waals surface area contributed by atoms with E-state index in [1.165, 1.54) is 7.11 Å². The normalized spacial score (nSPS) is 18.1. The molecule has 0 amide bonds. The van der Waals surface area contributed by atoms with E-state index >= 15 is 0 Å². The third kappa shape index (κ3) is 5.96. The Balaban J connectivity index is 2.03. The van der Waals surface area contributed by atoms with Gasteiger partial charge in [0.1, 0.15) is 6.04 Å². The van der Waals surface area contributed by atoms with Crippen LogP contribution in [0, 0.1) is 5.92 Å². The van der Waals surface area contributed by atoms with Gasteiger partial charge in [-0.3, -0.25) is 4.90 Å². The number of piperidine rings is 1. The number of carbonyl (C=O) groups is 1. The predicted molar refractivity (Wildman–Crippen MR) is 119 cm³/mol. The van der Waals surface area contributed by atoms with Gasteiger partial charge in [-0.2, -0.15) is 0 Å². The Morgan fingerprint density at radius 3 is 2.18 bits per heavy atom. The summed E-state index contributed by atoms with van der Waals surface area (Å²) < 4.78 is 11.5. The van der Waals surface area contributed by atoms with Gasteiger partial charge in [0, 0.05) is 16.7 Å². The summed E-state index contributed by atoms with van der Waals surface area (Å²) in [7, 11) is -0.316. The summed E-state index contributed by atoms with van der Waals surface area (Å²) in [5, 5.41) is 1.26. The Bertz CT molecular complexity index is 662. The Labute approximate surface area is 180 Å². The molecular formula is C21H33Cl2NO3Si. The summed E-state index contributed by atoms with van der Waals surface area (Å²) in [4.78, 5) is 14.7. The minimum absolute atomic E-state index is 0.218. The lowest BCUT2D eigenvalue weighted by molar-refractivity contribution is -0.148. The fourth-order valence-corrected chi connectivity index (χ4v) is 4.89. The summed E-state index contributed by atoms with van der Waals surface area (Å²) in [6.45, 7) is 13.8. The lowest BCUT2D eigenvalue weighted by Gasteiger charge is -2.40. The topological polar surface area (TPSA) is 38.8 Å². The number of rotatable bonds is 6. The quantitative estimate of drug-likeness (QED) is 0.400. The van der Waals surface area contributed by atoms with E-state index in [9.17, 15) is 4.79 Å². The summed E-state index contributed by atoms with van der Waals surface area (Å²) in [6, 6.07) is 4.78. The number of hydrogen-bond acceptors (Lipinski definition) is 4. The average molecular weight is 446 g/mol. The highest BCUT2D eigenvalue weighted by molar-refractivity contribution is 6.74. The number of hydrogen-bond donors (Lipinski definition) is 0. The first-order chi connectivity index (χ1) is 12.9. The van der Waals surface area contributed by atoms with E-state index in [1.807, 2.05) is 0 Å². The average Bonchev–Trinajstić information content (AvgIpc) is 2.59. The molecule has 1 aliphatic heterocycles. The van der Waals surface area contributed by atoms with Gasteiger partial charge in [0.2, 0.25) is 0 Å². The smallest absolute Gasteiger partial charge is 0.327 e. The molecule has 158 valence electrons. The van der Waals surface area contributed by atoms with Crippen molar-refractivity contribution in [2.45, 2.75) is 57.8 Å². The molecule has 1 aromatic rings. The largest absolute Gasteiger partial charge is 0.468 e. The maximum Gasteiger partial charge on any atom is 0.327 e. The molecule has 1 unspecified atom stereocenters. The molecule has 0 N–H and O–H groups in total. The molecule has 1 saturated heterocycles. The van der Waals surface area contributed by atoms with E-state index in [1.54, 1.807) is 18.2 Å². The van der Waals surface area contributed by atoms with Crippen molar-refractivity contribution in [1.82, 2.24) is 4.90 Å². The molecule has 1 aromatic carbocycles. The zero-order chi connectivity index (χ0) is 21.1. The number of methoxy groups -OCH3 is 1. The molecule has 0 radical (unpaired) electrons. The van der Waals surface area contributed by atoms with Crippen LogP contribution in [0.2, 0.25) is 28.2 Å². The maximum atomic E-state index is 12.5. The Kier molecular flexibility index (Phi) is 8.02. The highest BCUT2D eigenvalue weighted by atomic mass is 35.5. The number of halogens is 2. The van der Waals surface area contributed by atoms with Gasteiger partial charge < -0.3 is 9.16 Å². The van der Waals surface area contributed by atoms with Crippen LogP contribution in [0.4, 0.5) is 0 Å². The third-order valence-corrected chi connectivity index (χ3v) is 11.1. The van der Waals surface area contributed by atoms with Crippen LogP contribution in [-0.4, -0.2) is 46.0 Å². The molecular weight excluding hydrogens is 413 g/mol. The van der Waals surface area contributed by atoms with E-state index in [4.69, 9.17) is 32.4 Å². The van der Waals surface area contributed by atoms with Crippen LogP contribution in [0.25, 0.3) is 0 Å². The Morgan fingerprint density at radius 1 is 1.18 bits per heavy atom.